The summed E-state index contributed by atoms with van der Waals surface area (Å²) in [5.41, 5.74) is 8.24. The van der Waals surface area contributed by atoms with Crippen molar-refractivity contribution in [1.29, 1.82) is 0 Å². The molecule has 0 bridgehead atoms. The van der Waals surface area contributed by atoms with Crippen LogP contribution in [-0.2, 0) is 0 Å². The number of hydrogen-bond donors (Lipinski definition) is 2. The van der Waals surface area contributed by atoms with Crippen LogP contribution in [0.5, 0.6) is 0 Å². The molecular weight excluding hydrogens is 196 g/mol. The lowest BCUT2D eigenvalue weighted by atomic mass is 9.94. The molecule has 0 fully saturated rings. The molecule has 0 saturated carbocycles. The van der Waals surface area contributed by atoms with E-state index in [1.165, 1.54) is 17.7 Å². The van der Waals surface area contributed by atoms with Crippen molar-refractivity contribution in [3.63, 3.8) is 0 Å². The largest absolute Gasteiger partial charge is 0.385 e. The van der Waals surface area contributed by atoms with E-state index < -0.39 is 0 Å². The summed E-state index contributed by atoms with van der Waals surface area (Å²) in [5.74, 6) is 0.457. The minimum atomic E-state index is 0.457. The molecule has 1 atom stereocenters. The Morgan fingerprint density at radius 2 is 2.36 bits per heavy atom. The molecule has 3 heteroatoms. The van der Waals surface area contributed by atoms with E-state index in [9.17, 15) is 0 Å². The Hall–Kier alpha value is -0.730. The summed E-state index contributed by atoms with van der Waals surface area (Å²) >= 11 is 5.98. The SMILES string of the molecule is NCC1CCCNc2ccc(Cl)cc21. The molecule has 1 aromatic rings. The van der Waals surface area contributed by atoms with Gasteiger partial charge in [-0.3, -0.25) is 0 Å². The maximum Gasteiger partial charge on any atom is 0.0410 e. The topological polar surface area (TPSA) is 38.0 Å². The monoisotopic (exact) mass is 210 g/mol. The van der Waals surface area contributed by atoms with E-state index in [-0.39, 0.29) is 0 Å². The molecule has 3 N–H and O–H groups in total. The zero-order chi connectivity index (χ0) is 9.97. The van der Waals surface area contributed by atoms with Gasteiger partial charge in [-0.15, -0.1) is 0 Å². The van der Waals surface area contributed by atoms with Crippen LogP contribution in [0.25, 0.3) is 0 Å². The first-order valence-electron chi connectivity index (χ1n) is 5.04. The van der Waals surface area contributed by atoms with Crippen molar-refractivity contribution in [1.82, 2.24) is 0 Å². The molecule has 1 unspecified atom stereocenters. The van der Waals surface area contributed by atoms with Gasteiger partial charge in [-0.1, -0.05) is 11.6 Å². The highest BCUT2D eigenvalue weighted by Crippen LogP contribution is 2.32. The molecule has 1 aliphatic heterocycles. The van der Waals surface area contributed by atoms with E-state index in [2.05, 4.69) is 5.32 Å². The highest BCUT2D eigenvalue weighted by atomic mass is 35.5. The minimum absolute atomic E-state index is 0.457. The minimum Gasteiger partial charge on any atom is -0.385 e. The molecule has 14 heavy (non-hydrogen) atoms. The van der Waals surface area contributed by atoms with E-state index in [4.69, 9.17) is 17.3 Å². The quantitative estimate of drug-likeness (QED) is 0.748. The van der Waals surface area contributed by atoms with Crippen LogP contribution in [0.4, 0.5) is 5.69 Å². The first-order valence-corrected chi connectivity index (χ1v) is 5.42. The second kappa shape index (κ2) is 4.20. The van der Waals surface area contributed by atoms with Gasteiger partial charge < -0.3 is 11.1 Å². The second-order valence-electron chi connectivity index (χ2n) is 3.73. The molecular formula is C11H15ClN2. The van der Waals surface area contributed by atoms with E-state index >= 15 is 0 Å². The summed E-state index contributed by atoms with van der Waals surface area (Å²) in [6.45, 7) is 1.74. The molecule has 0 saturated heterocycles. The van der Waals surface area contributed by atoms with Crippen LogP contribution in [0, 0.1) is 0 Å². The Morgan fingerprint density at radius 1 is 1.50 bits per heavy atom. The first-order chi connectivity index (χ1) is 6.81. The van der Waals surface area contributed by atoms with E-state index in [0.29, 0.717) is 12.5 Å². The third-order valence-corrected chi connectivity index (χ3v) is 3.02. The van der Waals surface area contributed by atoms with Crippen LogP contribution >= 0.6 is 11.6 Å². The van der Waals surface area contributed by atoms with Crippen LogP contribution in [0.1, 0.15) is 24.3 Å². The summed E-state index contributed by atoms with van der Waals surface area (Å²) in [5, 5.41) is 4.20. The van der Waals surface area contributed by atoms with E-state index in [0.717, 1.165) is 18.0 Å². The molecule has 0 aromatic heterocycles. The zero-order valence-electron chi connectivity index (χ0n) is 8.09. The fourth-order valence-corrected chi connectivity index (χ4v) is 2.18. The molecule has 0 amide bonds. The van der Waals surface area contributed by atoms with Gasteiger partial charge in [0.25, 0.3) is 0 Å². The molecule has 2 rings (SSSR count). The second-order valence-corrected chi connectivity index (χ2v) is 4.17. The standard InChI is InChI=1S/C11H15ClN2/c12-9-3-4-11-10(6-9)8(7-13)2-1-5-14-11/h3-4,6,8,14H,1-2,5,7,13H2. The van der Waals surface area contributed by atoms with E-state index in [1.807, 2.05) is 18.2 Å². The highest BCUT2D eigenvalue weighted by Gasteiger charge is 2.17. The number of benzene rings is 1. The van der Waals surface area contributed by atoms with Crippen LogP contribution in [0.2, 0.25) is 5.02 Å². The predicted octanol–water partition coefficient (Wildman–Crippen LogP) is 2.59. The van der Waals surface area contributed by atoms with Gasteiger partial charge in [-0.05, 0) is 49.1 Å². The summed E-state index contributed by atoms with van der Waals surface area (Å²) in [6, 6.07) is 6.00. The average Bonchev–Trinajstić information content (AvgIpc) is 2.39. The molecule has 1 aromatic carbocycles. The molecule has 1 aliphatic rings. The Bertz CT molecular complexity index is 325. The summed E-state index contributed by atoms with van der Waals surface area (Å²) in [6.07, 6.45) is 2.32. The predicted molar refractivity (Wildman–Crippen MR) is 61.0 cm³/mol. The Balaban J connectivity index is 2.40. The van der Waals surface area contributed by atoms with Gasteiger partial charge in [0, 0.05) is 17.3 Å². The first kappa shape index (κ1) is 9.81. The van der Waals surface area contributed by atoms with Gasteiger partial charge in [-0.2, -0.15) is 0 Å². The van der Waals surface area contributed by atoms with Crippen LogP contribution in [0.3, 0.4) is 0 Å². The van der Waals surface area contributed by atoms with Gasteiger partial charge in [0.2, 0.25) is 0 Å². The molecule has 0 spiro atoms. The molecule has 1 heterocycles. The highest BCUT2D eigenvalue weighted by molar-refractivity contribution is 6.30. The van der Waals surface area contributed by atoms with Crippen molar-refractivity contribution in [2.24, 2.45) is 5.73 Å². The maximum absolute atomic E-state index is 5.98. The van der Waals surface area contributed by atoms with Crippen LogP contribution < -0.4 is 11.1 Å². The Labute approximate surface area is 89.4 Å². The van der Waals surface area contributed by atoms with Crippen molar-refractivity contribution in [3.8, 4) is 0 Å². The normalized spacial score (nSPS) is 20.9. The fraction of sp³-hybridized carbons (Fsp3) is 0.455. The Morgan fingerprint density at radius 3 is 3.14 bits per heavy atom. The van der Waals surface area contributed by atoms with E-state index in [1.54, 1.807) is 0 Å². The lowest BCUT2D eigenvalue weighted by molar-refractivity contribution is 0.626. The van der Waals surface area contributed by atoms with Gasteiger partial charge >= 0.3 is 0 Å². The number of nitrogens with one attached hydrogen (secondary N) is 1. The maximum atomic E-state index is 5.98. The molecule has 0 radical (unpaired) electrons. The van der Waals surface area contributed by atoms with Gasteiger partial charge in [0.1, 0.15) is 0 Å². The fourth-order valence-electron chi connectivity index (χ4n) is 2.00. The summed E-state index contributed by atoms with van der Waals surface area (Å²) < 4.78 is 0. The lowest BCUT2D eigenvalue weighted by Gasteiger charge is -2.15. The molecule has 76 valence electrons. The average molecular weight is 211 g/mol. The van der Waals surface area contributed by atoms with Crippen LogP contribution in [0.15, 0.2) is 18.2 Å². The van der Waals surface area contributed by atoms with Crippen molar-refractivity contribution in [2.45, 2.75) is 18.8 Å². The number of anilines is 1. The molecule has 2 nitrogen and oxygen atoms in total. The van der Waals surface area contributed by atoms with Crippen molar-refractivity contribution < 1.29 is 0 Å². The summed E-state index contributed by atoms with van der Waals surface area (Å²) in [7, 11) is 0. The van der Waals surface area contributed by atoms with Gasteiger partial charge in [0.05, 0.1) is 0 Å². The van der Waals surface area contributed by atoms with Gasteiger partial charge in [-0.25, -0.2) is 0 Å². The molecule has 0 aliphatic carbocycles. The van der Waals surface area contributed by atoms with Crippen molar-refractivity contribution >= 4 is 17.3 Å². The number of halogens is 1. The smallest absolute Gasteiger partial charge is 0.0410 e. The Kier molecular flexibility index (Phi) is 2.94. The number of hydrogen-bond acceptors (Lipinski definition) is 2. The van der Waals surface area contributed by atoms with Gasteiger partial charge in [0.15, 0.2) is 0 Å². The number of nitrogens with two attached hydrogens (primary N) is 1. The van der Waals surface area contributed by atoms with Crippen molar-refractivity contribution in [3.05, 3.63) is 28.8 Å². The number of rotatable bonds is 1. The van der Waals surface area contributed by atoms with Crippen molar-refractivity contribution in [2.75, 3.05) is 18.4 Å². The summed E-state index contributed by atoms with van der Waals surface area (Å²) in [4.78, 5) is 0. The lowest BCUT2D eigenvalue weighted by Crippen LogP contribution is -2.12. The number of fused-ring (bicyclic) bond motifs is 1. The zero-order valence-corrected chi connectivity index (χ0v) is 8.85. The third kappa shape index (κ3) is 1.86. The van der Waals surface area contributed by atoms with Crippen LogP contribution in [-0.4, -0.2) is 13.1 Å². The third-order valence-electron chi connectivity index (χ3n) is 2.78.